The third kappa shape index (κ3) is 6.60. The summed E-state index contributed by atoms with van der Waals surface area (Å²) in [7, 11) is 0. The van der Waals surface area contributed by atoms with Gasteiger partial charge in [0, 0.05) is 50.6 Å². The van der Waals surface area contributed by atoms with E-state index in [4.69, 9.17) is 4.42 Å². The highest BCUT2D eigenvalue weighted by molar-refractivity contribution is 6.00. The van der Waals surface area contributed by atoms with Crippen LogP contribution in [-0.4, -0.2) is 0 Å². The minimum atomic E-state index is -0.603. The molecular weight excluding hydrogens is 801 g/mol. The van der Waals surface area contributed by atoms with E-state index in [0.717, 1.165) is 78.7 Å². The number of benzene rings is 10. The van der Waals surface area contributed by atoms with E-state index in [0.29, 0.717) is 0 Å². The SMILES string of the molecule is c1ccc(N(c2ccccc2)c2ccc(-c3ccc4c(c3)-c3oc5cc(-c6ccc(N(c7ccccc7)c7ccccc7)cc6)ccc5c3C4(c3ccccc3)c3ccccc3)cc2)cc1. The van der Waals surface area contributed by atoms with Crippen molar-refractivity contribution >= 4 is 45.1 Å². The molecule has 66 heavy (non-hydrogen) atoms. The number of fused-ring (bicyclic) bond motifs is 5. The minimum Gasteiger partial charge on any atom is -0.456 e. The lowest BCUT2D eigenvalue weighted by atomic mass is 9.67. The lowest BCUT2D eigenvalue weighted by molar-refractivity contribution is 0.628. The summed E-state index contributed by atoms with van der Waals surface area (Å²) in [6.07, 6.45) is 0. The Balaban J connectivity index is 0.978. The van der Waals surface area contributed by atoms with Crippen LogP contribution in [0.15, 0.2) is 271 Å². The van der Waals surface area contributed by atoms with Gasteiger partial charge in [0.2, 0.25) is 0 Å². The monoisotopic (exact) mass is 844 g/mol. The van der Waals surface area contributed by atoms with Gasteiger partial charge in [-0.25, -0.2) is 0 Å². The highest BCUT2D eigenvalue weighted by atomic mass is 16.3. The molecule has 1 aromatic heterocycles. The molecule has 11 aromatic rings. The third-order valence-corrected chi connectivity index (χ3v) is 13.1. The molecule has 10 aromatic carbocycles. The molecule has 0 saturated heterocycles. The van der Waals surface area contributed by atoms with Crippen molar-refractivity contribution in [3.05, 3.63) is 289 Å². The minimum absolute atomic E-state index is 0.603. The van der Waals surface area contributed by atoms with E-state index in [2.05, 4.69) is 277 Å². The zero-order valence-corrected chi connectivity index (χ0v) is 36.2. The van der Waals surface area contributed by atoms with Crippen molar-refractivity contribution in [2.75, 3.05) is 9.80 Å². The Hall–Kier alpha value is -8.66. The van der Waals surface area contributed by atoms with Crippen LogP contribution in [0.2, 0.25) is 0 Å². The number of nitrogens with zero attached hydrogens (tertiary/aromatic N) is 2. The summed E-state index contributed by atoms with van der Waals surface area (Å²) in [5.74, 6) is 0.916. The molecule has 0 saturated carbocycles. The quantitative estimate of drug-likeness (QED) is 0.137. The van der Waals surface area contributed by atoms with Gasteiger partial charge in [0.05, 0.1) is 5.41 Å². The third-order valence-electron chi connectivity index (χ3n) is 13.1. The molecule has 0 fully saturated rings. The van der Waals surface area contributed by atoms with E-state index in [1.165, 1.54) is 22.3 Å². The predicted octanol–water partition coefficient (Wildman–Crippen LogP) is 17.1. The second-order valence-corrected chi connectivity index (χ2v) is 16.9. The van der Waals surface area contributed by atoms with Crippen molar-refractivity contribution in [3.8, 4) is 33.6 Å². The lowest BCUT2D eigenvalue weighted by Crippen LogP contribution is -2.28. The molecule has 1 aliphatic carbocycles. The van der Waals surface area contributed by atoms with Crippen molar-refractivity contribution in [1.82, 2.24) is 0 Å². The molecule has 0 amide bonds. The number of furan rings is 1. The van der Waals surface area contributed by atoms with Gasteiger partial charge in [-0.1, -0.05) is 182 Å². The summed E-state index contributed by atoms with van der Waals surface area (Å²) >= 11 is 0. The summed E-state index contributed by atoms with van der Waals surface area (Å²) in [6.45, 7) is 0. The second kappa shape index (κ2) is 16.5. The zero-order valence-electron chi connectivity index (χ0n) is 36.2. The molecule has 1 aliphatic rings. The number of anilines is 6. The molecular formula is C63H44N2O. The molecule has 0 unspecified atom stereocenters. The van der Waals surface area contributed by atoms with Crippen LogP contribution in [0.1, 0.15) is 22.3 Å². The first kappa shape index (κ1) is 39.0. The van der Waals surface area contributed by atoms with Crippen LogP contribution in [0, 0.1) is 0 Å². The second-order valence-electron chi connectivity index (χ2n) is 16.9. The Morgan fingerprint density at radius 3 is 1.08 bits per heavy atom. The van der Waals surface area contributed by atoms with E-state index in [1.807, 2.05) is 0 Å². The normalized spacial score (nSPS) is 12.4. The molecule has 0 bridgehead atoms. The van der Waals surface area contributed by atoms with Gasteiger partial charge in [-0.05, 0) is 124 Å². The highest BCUT2D eigenvalue weighted by Crippen LogP contribution is 2.60. The van der Waals surface area contributed by atoms with Crippen LogP contribution >= 0.6 is 0 Å². The van der Waals surface area contributed by atoms with Crippen molar-refractivity contribution in [2.24, 2.45) is 0 Å². The van der Waals surface area contributed by atoms with Gasteiger partial charge in [-0.15, -0.1) is 0 Å². The number of para-hydroxylation sites is 4. The molecule has 3 heteroatoms. The van der Waals surface area contributed by atoms with Gasteiger partial charge >= 0.3 is 0 Å². The van der Waals surface area contributed by atoms with Crippen LogP contribution in [0.25, 0.3) is 44.5 Å². The molecule has 312 valence electrons. The largest absolute Gasteiger partial charge is 0.456 e. The Labute approximate surface area is 385 Å². The standard InChI is InChI=1S/C63H44N2O/c1-7-19-49(20-8-1)63(50-21-9-2-10-22-50)59-42-36-47(45-31-37-55(38-32-45)64(51-23-11-3-12-24-51)52-25-13-4-14-26-52)43-58(59)62-61(63)57-41-35-48(44-60(57)66-62)46-33-39-56(40-34-46)65(53-27-15-5-16-28-53)54-29-17-6-18-30-54/h1-44H. The van der Waals surface area contributed by atoms with Gasteiger partial charge in [0.15, 0.2) is 0 Å². The summed E-state index contributed by atoms with van der Waals surface area (Å²) in [4.78, 5) is 4.59. The molecule has 0 N–H and O–H groups in total. The first-order chi connectivity index (χ1) is 32.7. The molecule has 0 atom stereocenters. The van der Waals surface area contributed by atoms with E-state index in [9.17, 15) is 0 Å². The topological polar surface area (TPSA) is 19.6 Å². The predicted molar refractivity (Wildman–Crippen MR) is 274 cm³/mol. The fourth-order valence-corrected chi connectivity index (χ4v) is 10.2. The van der Waals surface area contributed by atoms with E-state index < -0.39 is 5.41 Å². The van der Waals surface area contributed by atoms with Crippen LogP contribution in [-0.2, 0) is 5.41 Å². The van der Waals surface area contributed by atoms with Crippen LogP contribution in [0.5, 0.6) is 0 Å². The number of hydrogen-bond acceptors (Lipinski definition) is 3. The Morgan fingerprint density at radius 1 is 0.303 bits per heavy atom. The van der Waals surface area contributed by atoms with Crippen LogP contribution in [0.3, 0.4) is 0 Å². The molecule has 0 aliphatic heterocycles. The van der Waals surface area contributed by atoms with Gasteiger partial charge in [-0.2, -0.15) is 0 Å². The maximum atomic E-state index is 7.20. The molecule has 0 spiro atoms. The van der Waals surface area contributed by atoms with Gasteiger partial charge < -0.3 is 14.2 Å². The van der Waals surface area contributed by atoms with Crippen molar-refractivity contribution in [3.63, 3.8) is 0 Å². The van der Waals surface area contributed by atoms with Gasteiger partial charge in [0.1, 0.15) is 11.3 Å². The average Bonchev–Trinajstić information content (AvgIpc) is 3.91. The summed E-state index contributed by atoms with van der Waals surface area (Å²) in [5, 5.41) is 1.11. The number of rotatable bonds is 10. The maximum absolute atomic E-state index is 7.20. The van der Waals surface area contributed by atoms with E-state index in [1.54, 1.807) is 0 Å². The zero-order chi connectivity index (χ0) is 43.9. The first-order valence-electron chi connectivity index (χ1n) is 22.6. The first-order valence-corrected chi connectivity index (χ1v) is 22.6. The Bertz CT molecular complexity index is 3310. The van der Waals surface area contributed by atoms with E-state index >= 15 is 0 Å². The van der Waals surface area contributed by atoms with E-state index in [-0.39, 0.29) is 0 Å². The molecule has 1 heterocycles. The average molecular weight is 845 g/mol. The maximum Gasteiger partial charge on any atom is 0.140 e. The van der Waals surface area contributed by atoms with Crippen LogP contribution in [0.4, 0.5) is 34.1 Å². The van der Waals surface area contributed by atoms with Crippen LogP contribution < -0.4 is 9.80 Å². The molecule has 0 radical (unpaired) electrons. The fourth-order valence-electron chi connectivity index (χ4n) is 10.2. The smallest absolute Gasteiger partial charge is 0.140 e. The Morgan fingerprint density at radius 2 is 0.652 bits per heavy atom. The van der Waals surface area contributed by atoms with Crippen molar-refractivity contribution < 1.29 is 4.42 Å². The van der Waals surface area contributed by atoms with Crippen molar-refractivity contribution in [1.29, 1.82) is 0 Å². The number of hydrogen-bond donors (Lipinski definition) is 0. The summed E-state index contributed by atoms with van der Waals surface area (Å²) in [6, 6.07) is 95.6. The molecule has 12 rings (SSSR count). The lowest BCUT2D eigenvalue weighted by Gasteiger charge is -2.33. The fraction of sp³-hybridized carbons (Fsp3) is 0.0159. The van der Waals surface area contributed by atoms with Gasteiger partial charge in [-0.3, -0.25) is 0 Å². The highest BCUT2D eigenvalue weighted by Gasteiger charge is 2.49. The van der Waals surface area contributed by atoms with Gasteiger partial charge in [0.25, 0.3) is 0 Å². The summed E-state index contributed by atoms with van der Waals surface area (Å²) < 4.78 is 7.20. The van der Waals surface area contributed by atoms with Crippen molar-refractivity contribution in [2.45, 2.75) is 5.41 Å². The molecule has 3 nitrogen and oxygen atoms in total. The summed E-state index contributed by atoms with van der Waals surface area (Å²) in [5.41, 5.74) is 17.3. The Kier molecular flexibility index (Phi) is 9.73.